The number of benzene rings is 1. The van der Waals surface area contributed by atoms with Crippen molar-refractivity contribution in [2.45, 2.75) is 39.1 Å². The monoisotopic (exact) mass is 538 g/mol. The molecule has 35 heavy (non-hydrogen) atoms. The van der Waals surface area contributed by atoms with E-state index in [1.807, 2.05) is 13.8 Å². The normalized spacial score (nSPS) is 10.8. The lowest BCUT2D eigenvalue weighted by atomic mass is 10.1. The molecule has 0 atom stereocenters. The molecular weight excluding hydrogens is 515 g/mol. The van der Waals surface area contributed by atoms with Gasteiger partial charge in [-0.15, -0.1) is 28.1 Å². The van der Waals surface area contributed by atoms with E-state index in [2.05, 4.69) is 22.1 Å². The van der Waals surface area contributed by atoms with E-state index in [1.54, 1.807) is 17.6 Å². The van der Waals surface area contributed by atoms with E-state index in [1.165, 1.54) is 35.2 Å². The predicted octanol–water partition coefficient (Wildman–Crippen LogP) is 5.42. The third kappa shape index (κ3) is 6.62. The summed E-state index contributed by atoms with van der Waals surface area (Å²) in [7, 11) is 0. The molecule has 0 aliphatic carbocycles. The summed E-state index contributed by atoms with van der Waals surface area (Å²) in [4.78, 5) is 25.9. The quantitative estimate of drug-likeness (QED) is 0.198. The Bertz CT molecular complexity index is 1240. The molecule has 1 aromatic carbocycles. The first-order valence-corrected chi connectivity index (χ1v) is 12.7. The minimum Gasteiger partial charge on any atom is -0.484 e. The van der Waals surface area contributed by atoms with Crippen LogP contribution in [-0.4, -0.2) is 39.0 Å². The summed E-state index contributed by atoms with van der Waals surface area (Å²) in [6.45, 7) is 9.86. The third-order valence-corrected chi connectivity index (χ3v) is 7.19. The number of carbonyl (C=O) groups is 2. The molecule has 2 aromatic heterocycles. The number of hydrogen-bond donors (Lipinski definition) is 1. The Hall–Kier alpha value is -2.89. The maximum atomic E-state index is 13.2. The highest BCUT2D eigenvalue weighted by Gasteiger charge is 2.22. The van der Waals surface area contributed by atoms with Crippen LogP contribution < -0.4 is 10.1 Å². The lowest BCUT2D eigenvalue weighted by Crippen LogP contribution is -2.17. The predicted molar refractivity (Wildman–Crippen MR) is 135 cm³/mol. The van der Waals surface area contributed by atoms with Crippen LogP contribution in [0.25, 0.3) is 0 Å². The average Bonchev–Trinajstić information content (AvgIpc) is 3.31. The molecule has 3 rings (SSSR count). The van der Waals surface area contributed by atoms with E-state index >= 15 is 0 Å². The number of thiophene rings is 1. The van der Waals surface area contributed by atoms with E-state index in [4.69, 9.17) is 21.1 Å². The summed E-state index contributed by atoms with van der Waals surface area (Å²) in [5, 5.41) is 12.2. The van der Waals surface area contributed by atoms with Crippen molar-refractivity contribution in [3.8, 4) is 5.75 Å². The summed E-state index contributed by atoms with van der Waals surface area (Å²) >= 11 is 8.52. The number of esters is 1. The highest BCUT2D eigenvalue weighted by molar-refractivity contribution is 7.99. The standard InChI is InChI=1S/C23H24ClFN4O4S2/c1-5-9-29-18(11-33-17-8-7-15(25)10-16(17)24)27-28-23(29)34-12-19(30)26-21-20(22(31)32-6-2)13(3)14(4)35-21/h5,7-8,10H,1,6,9,11-12H2,2-4H3,(H,26,30). The van der Waals surface area contributed by atoms with E-state index < -0.39 is 11.8 Å². The van der Waals surface area contributed by atoms with Crippen LogP contribution in [0.5, 0.6) is 5.75 Å². The molecule has 8 nitrogen and oxygen atoms in total. The van der Waals surface area contributed by atoms with Crippen molar-refractivity contribution < 1.29 is 23.5 Å². The summed E-state index contributed by atoms with van der Waals surface area (Å²) in [6, 6.07) is 3.85. The summed E-state index contributed by atoms with van der Waals surface area (Å²) in [5.74, 6) is -0.384. The van der Waals surface area contributed by atoms with Gasteiger partial charge in [-0.05, 0) is 44.5 Å². The first-order chi connectivity index (χ1) is 16.7. The Morgan fingerprint density at radius 2 is 2.11 bits per heavy atom. The van der Waals surface area contributed by atoms with Gasteiger partial charge in [0.2, 0.25) is 5.91 Å². The Morgan fingerprint density at radius 1 is 1.34 bits per heavy atom. The van der Waals surface area contributed by atoms with Gasteiger partial charge in [0.25, 0.3) is 0 Å². The topological polar surface area (TPSA) is 95.3 Å². The van der Waals surface area contributed by atoms with Crippen LogP contribution in [0.4, 0.5) is 9.39 Å². The molecule has 1 amide bonds. The number of anilines is 1. The van der Waals surface area contributed by atoms with Gasteiger partial charge in [-0.1, -0.05) is 29.4 Å². The van der Waals surface area contributed by atoms with Gasteiger partial charge in [0, 0.05) is 11.4 Å². The van der Waals surface area contributed by atoms with Crippen LogP contribution >= 0.6 is 34.7 Å². The van der Waals surface area contributed by atoms with Crippen LogP contribution in [0.2, 0.25) is 5.02 Å². The molecule has 186 valence electrons. The molecule has 0 spiro atoms. The van der Waals surface area contributed by atoms with Crippen molar-refractivity contribution in [1.82, 2.24) is 14.8 Å². The summed E-state index contributed by atoms with van der Waals surface area (Å²) in [5.41, 5.74) is 1.16. The molecule has 3 aromatic rings. The number of ether oxygens (including phenoxy) is 2. The molecule has 0 unspecified atom stereocenters. The number of aromatic nitrogens is 3. The fourth-order valence-corrected chi connectivity index (χ4v) is 5.09. The van der Waals surface area contributed by atoms with Crippen molar-refractivity contribution in [2.75, 3.05) is 17.7 Å². The highest BCUT2D eigenvalue weighted by Crippen LogP contribution is 2.33. The minimum atomic E-state index is -0.464. The number of allylic oxidation sites excluding steroid dienone is 1. The van der Waals surface area contributed by atoms with E-state index in [-0.39, 0.29) is 29.9 Å². The SMILES string of the molecule is C=CCn1c(COc2ccc(F)cc2Cl)nnc1SCC(=O)Nc1sc(C)c(C)c1C(=O)OCC. The molecule has 0 aliphatic rings. The molecular formula is C23H24ClFN4O4S2. The molecule has 0 saturated carbocycles. The van der Waals surface area contributed by atoms with Gasteiger partial charge < -0.3 is 14.8 Å². The van der Waals surface area contributed by atoms with Gasteiger partial charge in [0.1, 0.15) is 23.2 Å². The summed E-state index contributed by atoms with van der Waals surface area (Å²) < 4.78 is 25.8. The molecule has 0 saturated heterocycles. The Balaban J connectivity index is 1.67. The smallest absolute Gasteiger partial charge is 0.341 e. The maximum absolute atomic E-state index is 13.2. The zero-order valence-corrected chi connectivity index (χ0v) is 21.8. The molecule has 0 radical (unpaired) electrons. The highest BCUT2D eigenvalue weighted by atomic mass is 35.5. The van der Waals surface area contributed by atoms with Gasteiger partial charge in [-0.3, -0.25) is 9.36 Å². The van der Waals surface area contributed by atoms with Crippen molar-refractivity contribution in [3.05, 3.63) is 63.5 Å². The fraction of sp³-hybridized carbons (Fsp3) is 0.304. The lowest BCUT2D eigenvalue weighted by Gasteiger charge is -2.10. The van der Waals surface area contributed by atoms with E-state index in [0.29, 0.717) is 33.8 Å². The molecule has 0 bridgehead atoms. The number of amides is 1. The first-order valence-electron chi connectivity index (χ1n) is 10.6. The molecule has 0 aliphatic heterocycles. The number of halogens is 2. The fourth-order valence-electron chi connectivity index (χ4n) is 3.04. The van der Waals surface area contributed by atoms with Gasteiger partial charge >= 0.3 is 5.97 Å². The number of hydrogen-bond acceptors (Lipinski definition) is 8. The van der Waals surface area contributed by atoms with Crippen LogP contribution in [0, 0.1) is 19.7 Å². The zero-order valence-electron chi connectivity index (χ0n) is 19.4. The zero-order chi connectivity index (χ0) is 25.5. The van der Waals surface area contributed by atoms with E-state index in [9.17, 15) is 14.0 Å². The van der Waals surface area contributed by atoms with Crippen LogP contribution in [0.3, 0.4) is 0 Å². The number of nitrogens with one attached hydrogen (secondary N) is 1. The number of thioether (sulfide) groups is 1. The second-order valence-corrected chi connectivity index (χ2v) is 9.78. The van der Waals surface area contributed by atoms with Gasteiger partial charge in [0.15, 0.2) is 11.0 Å². The first kappa shape index (κ1) is 26.7. The number of carbonyl (C=O) groups excluding carboxylic acids is 2. The van der Waals surface area contributed by atoms with Gasteiger partial charge in [-0.2, -0.15) is 0 Å². The van der Waals surface area contributed by atoms with Crippen molar-refractivity contribution >= 4 is 51.6 Å². The van der Waals surface area contributed by atoms with Crippen LogP contribution in [0.15, 0.2) is 36.0 Å². The number of aryl methyl sites for hydroxylation is 1. The molecule has 2 heterocycles. The van der Waals surface area contributed by atoms with Crippen LogP contribution in [0.1, 0.15) is 33.5 Å². The Morgan fingerprint density at radius 3 is 2.80 bits per heavy atom. The largest absolute Gasteiger partial charge is 0.484 e. The van der Waals surface area contributed by atoms with Crippen molar-refractivity contribution in [1.29, 1.82) is 0 Å². The van der Waals surface area contributed by atoms with Crippen molar-refractivity contribution in [2.24, 2.45) is 0 Å². The van der Waals surface area contributed by atoms with E-state index in [0.717, 1.165) is 16.5 Å². The Labute approximate surface area is 215 Å². The maximum Gasteiger partial charge on any atom is 0.341 e. The van der Waals surface area contributed by atoms with Crippen molar-refractivity contribution in [3.63, 3.8) is 0 Å². The second kappa shape index (κ2) is 12.2. The summed E-state index contributed by atoms with van der Waals surface area (Å²) in [6.07, 6.45) is 1.67. The molecule has 1 N–H and O–H groups in total. The number of rotatable bonds is 11. The van der Waals surface area contributed by atoms with Gasteiger partial charge in [-0.25, -0.2) is 9.18 Å². The lowest BCUT2D eigenvalue weighted by molar-refractivity contribution is -0.113. The average molecular weight is 539 g/mol. The number of nitrogens with zero attached hydrogens (tertiary/aromatic N) is 3. The second-order valence-electron chi connectivity index (χ2n) is 7.21. The minimum absolute atomic E-state index is 0.0373. The molecule has 12 heteroatoms. The van der Waals surface area contributed by atoms with Crippen LogP contribution in [-0.2, 0) is 22.7 Å². The van der Waals surface area contributed by atoms with Gasteiger partial charge in [0.05, 0.1) is 22.9 Å². The molecule has 0 fully saturated rings. The Kier molecular flexibility index (Phi) is 9.30. The third-order valence-electron chi connectivity index (χ3n) is 4.81.